The summed E-state index contributed by atoms with van der Waals surface area (Å²) in [5.41, 5.74) is 3.84. The van der Waals surface area contributed by atoms with Gasteiger partial charge in [0.15, 0.2) is 0 Å². The van der Waals surface area contributed by atoms with Crippen molar-refractivity contribution in [2.45, 2.75) is 32.8 Å². The summed E-state index contributed by atoms with van der Waals surface area (Å²) in [6, 6.07) is 0. The molecule has 0 unspecified atom stereocenters. The van der Waals surface area contributed by atoms with Gasteiger partial charge in [-0.3, -0.25) is 10.2 Å². The lowest BCUT2D eigenvalue weighted by Gasteiger charge is -2.19. The van der Waals surface area contributed by atoms with E-state index < -0.39 is 11.7 Å². The summed E-state index contributed by atoms with van der Waals surface area (Å²) in [6.45, 7) is 5.25. The van der Waals surface area contributed by atoms with E-state index in [4.69, 9.17) is 4.74 Å². The SMILES string of the molecule is CC(C)(C)OC(=O)NNC(=O)CCI. The molecule has 0 atom stereocenters. The largest absolute Gasteiger partial charge is 0.443 e. The fourth-order valence-electron chi connectivity index (χ4n) is 0.573. The maximum absolute atomic E-state index is 11.0. The van der Waals surface area contributed by atoms with Gasteiger partial charge in [-0.25, -0.2) is 10.2 Å². The van der Waals surface area contributed by atoms with E-state index in [1.807, 2.05) is 0 Å². The molecule has 2 N–H and O–H groups in total. The maximum Gasteiger partial charge on any atom is 0.426 e. The number of rotatable bonds is 2. The van der Waals surface area contributed by atoms with Crippen LogP contribution >= 0.6 is 22.6 Å². The first kappa shape index (κ1) is 13.5. The Bertz CT molecular complexity index is 213. The first-order chi connectivity index (χ1) is 6.35. The molecule has 0 aliphatic heterocycles. The van der Waals surface area contributed by atoms with E-state index >= 15 is 0 Å². The number of hydrogen-bond donors (Lipinski definition) is 2. The second-order valence-corrected chi connectivity index (χ2v) is 4.69. The van der Waals surface area contributed by atoms with Gasteiger partial charge in [0.1, 0.15) is 5.60 Å². The molecule has 0 heterocycles. The molecule has 0 bridgehead atoms. The highest BCUT2D eigenvalue weighted by atomic mass is 127. The predicted octanol–water partition coefficient (Wildman–Crippen LogP) is 1.37. The van der Waals surface area contributed by atoms with Gasteiger partial charge in [-0.05, 0) is 20.8 Å². The molecule has 2 amide bonds. The zero-order valence-electron chi connectivity index (χ0n) is 8.52. The second kappa shape index (κ2) is 6.05. The van der Waals surface area contributed by atoms with Gasteiger partial charge in [-0.15, -0.1) is 0 Å². The number of amides is 2. The van der Waals surface area contributed by atoms with E-state index in [-0.39, 0.29) is 5.91 Å². The molecule has 6 heteroatoms. The Hall–Kier alpha value is -0.530. The van der Waals surface area contributed by atoms with Crippen LogP contribution in [0.15, 0.2) is 0 Å². The number of halogens is 1. The average molecular weight is 314 g/mol. The number of ether oxygens (including phenoxy) is 1. The minimum absolute atomic E-state index is 0.231. The van der Waals surface area contributed by atoms with Gasteiger partial charge in [-0.2, -0.15) is 0 Å². The van der Waals surface area contributed by atoms with Crippen LogP contribution in [-0.2, 0) is 9.53 Å². The molecule has 0 aromatic rings. The Labute approximate surface area is 97.1 Å². The summed E-state index contributed by atoms with van der Waals surface area (Å²) in [7, 11) is 0. The summed E-state index contributed by atoms with van der Waals surface area (Å²) >= 11 is 2.08. The molecule has 0 fully saturated rings. The molecule has 0 aromatic heterocycles. The number of alkyl halides is 1. The van der Waals surface area contributed by atoms with Gasteiger partial charge in [0.05, 0.1) is 0 Å². The average Bonchev–Trinajstić information content (AvgIpc) is 1.98. The highest BCUT2D eigenvalue weighted by Crippen LogP contribution is 2.05. The van der Waals surface area contributed by atoms with Crippen molar-refractivity contribution in [3.8, 4) is 0 Å². The van der Waals surface area contributed by atoms with Crippen LogP contribution in [0.2, 0.25) is 0 Å². The van der Waals surface area contributed by atoms with Gasteiger partial charge >= 0.3 is 6.09 Å². The number of nitrogens with one attached hydrogen (secondary N) is 2. The molecule has 82 valence electrons. The molecule has 0 saturated carbocycles. The number of carbonyl (C=O) groups is 2. The minimum Gasteiger partial charge on any atom is -0.443 e. The predicted molar refractivity (Wildman–Crippen MR) is 61.0 cm³/mol. The molecular formula is C8H15IN2O3. The molecule has 14 heavy (non-hydrogen) atoms. The van der Waals surface area contributed by atoms with Gasteiger partial charge in [0, 0.05) is 10.8 Å². The van der Waals surface area contributed by atoms with Crippen molar-refractivity contribution in [2.75, 3.05) is 4.43 Å². The fourth-order valence-corrected chi connectivity index (χ4v) is 1.06. The topological polar surface area (TPSA) is 67.4 Å². The van der Waals surface area contributed by atoms with Gasteiger partial charge in [-0.1, -0.05) is 22.6 Å². The van der Waals surface area contributed by atoms with Crippen LogP contribution in [0.4, 0.5) is 4.79 Å². The lowest BCUT2D eigenvalue weighted by Crippen LogP contribution is -2.44. The van der Waals surface area contributed by atoms with E-state index in [1.54, 1.807) is 20.8 Å². The Morgan fingerprint density at radius 3 is 2.29 bits per heavy atom. The van der Waals surface area contributed by atoms with Crippen molar-refractivity contribution in [2.24, 2.45) is 0 Å². The second-order valence-electron chi connectivity index (χ2n) is 3.61. The van der Waals surface area contributed by atoms with Crippen LogP contribution in [0, 0.1) is 0 Å². The standard InChI is InChI=1S/C8H15IN2O3/c1-8(2,3)14-7(13)11-10-6(12)4-5-9/h4-5H2,1-3H3,(H,10,12)(H,11,13). The monoisotopic (exact) mass is 314 g/mol. The molecule has 0 radical (unpaired) electrons. The maximum atomic E-state index is 11.0. The molecule has 5 nitrogen and oxygen atoms in total. The van der Waals surface area contributed by atoms with Crippen molar-refractivity contribution in [3.63, 3.8) is 0 Å². The van der Waals surface area contributed by atoms with Crippen molar-refractivity contribution in [3.05, 3.63) is 0 Å². The lowest BCUT2D eigenvalue weighted by molar-refractivity contribution is -0.121. The van der Waals surface area contributed by atoms with Crippen LogP contribution in [0.25, 0.3) is 0 Å². The van der Waals surface area contributed by atoms with Crippen molar-refractivity contribution in [1.29, 1.82) is 0 Å². The zero-order chi connectivity index (χ0) is 11.2. The molecule has 0 spiro atoms. The third-order valence-electron chi connectivity index (χ3n) is 1.02. The van der Waals surface area contributed by atoms with E-state index in [9.17, 15) is 9.59 Å². The first-order valence-corrected chi connectivity index (χ1v) is 5.71. The summed E-state index contributed by atoms with van der Waals surface area (Å²) in [5.74, 6) is -0.231. The molecular weight excluding hydrogens is 299 g/mol. The molecule has 0 saturated heterocycles. The molecule has 0 aliphatic rings. The van der Waals surface area contributed by atoms with Crippen LogP contribution < -0.4 is 10.9 Å². The van der Waals surface area contributed by atoms with Gasteiger partial charge < -0.3 is 4.74 Å². The zero-order valence-corrected chi connectivity index (χ0v) is 10.7. The van der Waals surface area contributed by atoms with Gasteiger partial charge in [0.2, 0.25) is 5.91 Å². The fraction of sp³-hybridized carbons (Fsp3) is 0.750. The first-order valence-electron chi connectivity index (χ1n) is 4.19. The van der Waals surface area contributed by atoms with Crippen LogP contribution in [0.5, 0.6) is 0 Å². The lowest BCUT2D eigenvalue weighted by atomic mass is 10.2. The third kappa shape index (κ3) is 8.09. The third-order valence-corrected chi connectivity index (χ3v) is 1.56. The van der Waals surface area contributed by atoms with Gasteiger partial charge in [0.25, 0.3) is 0 Å². The van der Waals surface area contributed by atoms with E-state index in [2.05, 4.69) is 33.4 Å². The molecule has 0 aromatic carbocycles. The highest BCUT2D eigenvalue weighted by Gasteiger charge is 2.16. The normalized spacial score (nSPS) is 10.6. The quantitative estimate of drug-likeness (QED) is 0.459. The Morgan fingerprint density at radius 2 is 1.86 bits per heavy atom. The Morgan fingerprint density at radius 1 is 1.29 bits per heavy atom. The Kier molecular flexibility index (Phi) is 5.82. The van der Waals surface area contributed by atoms with Crippen molar-refractivity contribution in [1.82, 2.24) is 10.9 Å². The summed E-state index contributed by atoms with van der Waals surface area (Å²) < 4.78 is 5.61. The molecule has 0 rings (SSSR count). The number of hydrogen-bond acceptors (Lipinski definition) is 3. The van der Waals surface area contributed by atoms with Crippen LogP contribution in [-0.4, -0.2) is 22.0 Å². The minimum atomic E-state index is -0.653. The van der Waals surface area contributed by atoms with E-state index in [0.717, 1.165) is 0 Å². The van der Waals surface area contributed by atoms with Crippen LogP contribution in [0.1, 0.15) is 27.2 Å². The molecule has 0 aliphatic carbocycles. The smallest absolute Gasteiger partial charge is 0.426 e. The van der Waals surface area contributed by atoms with E-state index in [1.165, 1.54) is 0 Å². The summed E-state index contributed by atoms with van der Waals surface area (Å²) in [4.78, 5) is 21.9. The summed E-state index contributed by atoms with van der Waals surface area (Å²) in [5, 5.41) is 0. The highest BCUT2D eigenvalue weighted by molar-refractivity contribution is 14.1. The Balaban J connectivity index is 3.70. The van der Waals surface area contributed by atoms with Crippen molar-refractivity contribution < 1.29 is 14.3 Å². The van der Waals surface area contributed by atoms with E-state index in [0.29, 0.717) is 10.8 Å². The number of hydrazine groups is 1. The van der Waals surface area contributed by atoms with Crippen LogP contribution in [0.3, 0.4) is 0 Å². The summed E-state index contributed by atoms with van der Waals surface area (Å²) in [6.07, 6.45) is -0.282. The number of carbonyl (C=O) groups excluding carboxylic acids is 2. The van der Waals surface area contributed by atoms with Crippen molar-refractivity contribution >= 4 is 34.6 Å².